The summed E-state index contributed by atoms with van der Waals surface area (Å²) < 4.78 is 28.1. The lowest BCUT2D eigenvalue weighted by atomic mass is 9.99. The molecule has 106 valence electrons. The van der Waals surface area contributed by atoms with Crippen molar-refractivity contribution < 1.29 is 12.9 Å². The summed E-state index contributed by atoms with van der Waals surface area (Å²) in [6, 6.07) is 0. The largest absolute Gasteiger partial charge is 0.339 e. The minimum Gasteiger partial charge on any atom is -0.339 e. The van der Waals surface area contributed by atoms with E-state index in [1.54, 1.807) is 0 Å². The molecule has 0 aliphatic carbocycles. The van der Waals surface area contributed by atoms with Crippen LogP contribution >= 0.6 is 0 Å². The van der Waals surface area contributed by atoms with Crippen molar-refractivity contribution in [3.8, 4) is 0 Å². The summed E-state index contributed by atoms with van der Waals surface area (Å²) in [6.45, 7) is 1.91. The summed E-state index contributed by atoms with van der Waals surface area (Å²) in [5, 5.41) is 7.30. The molecule has 2 saturated heterocycles. The number of hydrogen-bond acceptors (Lipinski definition) is 6. The van der Waals surface area contributed by atoms with Gasteiger partial charge in [-0.3, -0.25) is 0 Å². The van der Waals surface area contributed by atoms with Gasteiger partial charge in [-0.05, 0) is 31.7 Å². The van der Waals surface area contributed by atoms with Crippen molar-refractivity contribution in [3.05, 3.63) is 11.7 Å². The van der Waals surface area contributed by atoms with E-state index < -0.39 is 9.84 Å². The predicted molar refractivity (Wildman–Crippen MR) is 69.6 cm³/mol. The average Bonchev–Trinajstić information content (AvgIpc) is 3.02. The Morgan fingerprint density at radius 1 is 1.26 bits per heavy atom. The molecule has 6 nitrogen and oxygen atoms in total. The van der Waals surface area contributed by atoms with Gasteiger partial charge in [0.2, 0.25) is 5.89 Å². The van der Waals surface area contributed by atoms with Crippen LogP contribution in [0, 0.1) is 5.92 Å². The fourth-order valence-electron chi connectivity index (χ4n) is 2.78. The number of rotatable bonds is 3. The smallest absolute Gasteiger partial charge is 0.231 e. The van der Waals surface area contributed by atoms with Crippen LogP contribution in [0.2, 0.25) is 0 Å². The standard InChI is InChI=1S/C12H19N3O3S/c16-19(17)5-2-9(3-6-19)7-11-14-12(18-15-11)10-1-4-13-8-10/h9-10,13H,1-8H2. The van der Waals surface area contributed by atoms with E-state index in [1.165, 1.54) is 0 Å². The molecule has 2 fully saturated rings. The zero-order chi connectivity index (χ0) is 13.3. The number of aromatic nitrogens is 2. The molecule has 19 heavy (non-hydrogen) atoms. The summed E-state index contributed by atoms with van der Waals surface area (Å²) in [7, 11) is -2.79. The molecule has 0 bridgehead atoms. The summed E-state index contributed by atoms with van der Waals surface area (Å²) in [6.07, 6.45) is 3.22. The molecule has 3 heterocycles. The maximum atomic E-state index is 11.4. The van der Waals surface area contributed by atoms with Gasteiger partial charge in [-0.15, -0.1) is 0 Å². The summed E-state index contributed by atoms with van der Waals surface area (Å²) >= 11 is 0. The summed E-state index contributed by atoms with van der Waals surface area (Å²) in [5.74, 6) is 2.77. The van der Waals surface area contributed by atoms with E-state index in [1.807, 2.05) is 0 Å². The molecule has 2 aliphatic heterocycles. The molecule has 1 aromatic heterocycles. The Hall–Kier alpha value is -0.950. The van der Waals surface area contributed by atoms with E-state index in [-0.39, 0.29) is 0 Å². The van der Waals surface area contributed by atoms with Crippen molar-refractivity contribution >= 4 is 9.84 Å². The van der Waals surface area contributed by atoms with Crippen LogP contribution in [-0.4, -0.2) is 43.2 Å². The van der Waals surface area contributed by atoms with Gasteiger partial charge in [0.05, 0.1) is 17.4 Å². The molecule has 1 aromatic rings. The molecule has 0 radical (unpaired) electrons. The molecule has 0 spiro atoms. The van der Waals surface area contributed by atoms with Gasteiger partial charge in [0.1, 0.15) is 9.84 Å². The average molecular weight is 285 g/mol. The second-order valence-electron chi connectivity index (χ2n) is 5.54. The maximum absolute atomic E-state index is 11.4. The maximum Gasteiger partial charge on any atom is 0.231 e. The van der Waals surface area contributed by atoms with Crippen molar-refractivity contribution in [2.24, 2.45) is 5.92 Å². The Morgan fingerprint density at radius 3 is 2.74 bits per heavy atom. The molecule has 1 N–H and O–H groups in total. The van der Waals surface area contributed by atoms with Gasteiger partial charge in [0, 0.05) is 13.0 Å². The van der Waals surface area contributed by atoms with Crippen molar-refractivity contribution in [2.75, 3.05) is 24.6 Å². The number of nitrogens with zero attached hydrogens (tertiary/aromatic N) is 2. The first kappa shape index (κ1) is 13.1. The van der Waals surface area contributed by atoms with E-state index in [4.69, 9.17) is 4.52 Å². The zero-order valence-corrected chi connectivity index (χ0v) is 11.7. The minimum atomic E-state index is -2.79. The third-order valence-electron chi connectivity index (χ3n) is 4.04. The van der Waals surface area contributed by atoms with Crippen molar-refractivity contribution in [1.29, 1.82) is 0 Å². The van der Waals surface area contributed by atoms with Gasteiger partial charge in [0.15, 0.2) is 5.82 Å². The molecule has 1 unspecified atom stereocenters. The van der Waals surface area contributed by atoms with Gasteiger partial charge in [-0.1, -0.05) is 5.16 Å². The van der Waals surface area contributed by atoms with Gasteiger partial charge in [-0.2, -0.15) is 4.98 Å². The highest BCUT2D eigenvalue weighted by atomic mass is 32.2. The lowest BCUT2D eigenvalue weighted by Gasteiger charge is -2.20. The molecule has 1 atom stereocenters. The van der Waals surface area contributed by atoms with Gasteiger partial charge in [0.25, 0.3) is 0 Å². The Bertz CT molecular complexity index is 520. The first-order chi connectivity index (χ1) is 9.12. The molecule has 2 aliphatic rings. The SMILES string of the molecule is O=S1(=O)CCC(Cc2noc(C3CCNC3)n2)CC1. The quantitative estimate of drug-likeness (QED) is 0.871. The number of nitrogens with one attached hydrogen (secondary N) is 1. The molecule has 3 rings (SSSR count). The van der Waals surface area contributed by atoms with Crippen LogP contribution in [0.3, 0.4) is 0 Å². The summed E-state index contributed by atoms with van der Waals surface area (Å²) in [5.41, 5.74) is 0. The highest BCUT2D eigenvalue weighted by Gasteiger charge is 2.26. The zero-order valence-electron chi connectivity index (χ0n) is 10.8. The third kappa shape index (κ3) is 3.14. The fraction of sp³-hybridized carbons (Fsp3) is 0.833. The van der Waals surface area contributed by atoms with Crippen LogP contribution < -0.4 is 5.32 Å². The fourth-order valence-corrected chi connectivity index (χ4v) is 4.37. The normalized spacial score (nSPS) is 27.7. The molecule has 0 aromatic carbocycles. The van der Waals surface area contributed by atoms with E-state index >= 15 is 0 Å². The monoisotopic (exact) mass is 285 g/mol. The lowest BCUT2D eigenvalue weighted by Crippen LogP contribution is -2.24. The second kappa shape index (κ2) is 5.20. The molecular formula is C12H19N3O3S. The molecular weight excluding hydrogens is 266 g/mol. The van der Waals surface area contributed by atoms with Crippen molar-refractivity contribution in [2.45, 2.75) is 31.6 Å². The second-order valence-corrected chi connectivity index (χ2v) is 7.84. The van der Waals surface area contributed by atoms with Gasteiger partial charge < -0.3 is 9.84 Å². The molecule has 0 amide bonds. The number of hydrogen-bond donors (Lipinski definition) is 1. The Kier molecular flexibility index (Phi) is 3.58. The summed E-state index contributed by atoms with van der Waals surface area (Å²) in [4.78, 5) is 4.46. The van der Waals surface area contributed by atoms with Crippen LogP contribution in [-0.2, 0) is 16.3 Å². The number of sulfone groups is 1. The van der Waals surface area contributed by atoms with E-state index in [0.717, 1.165) is 50.5 Å². The van der Waals surface area contributed by atoms with E-state index in [9.17, 15) is 8.42 Å². The first-order valence-electron chi connectivity index (χ1n) is 6.86. The van der Waals surface area contributed by atoms with Gasteiger partial charge in [-0.25, -0.2) is 8.42 Å². The lowest BCUT2D eigenvalue weighted by molar-refractivity contribution is 0.350. The first-order valence-corrected chi connectivity index (χ1v) is 8.68. The van der Waals surface area contributed by atoms with Crippen molar-refractivity contribution in [1.82, 2.24) is 15.5 Å². The Morgan fingerprint density at radius 2 is 2.05 bits per heavy atom. The van der Waals surface area contributed by atoms with Crippen LogP contribution in [0.1, 0.15) is 36.9 Å². The minimum absolute atomic E-state index is 0.301. The van der Waals surface area contributed by atoms with E-state index in [2.05, 4.69) is 15.5 Å². The van der Waals surface area contributed by atoms with Crippen LogP contribution in [0.4, 0.5) is 0 Å². The highest BCUT2D eigenvalue weighted by Crippen LogP contribution is 2.24. The topological polar surface area (TPSA) is 85.1 Å². The Balaban J connectivity index is 1.58. The van der Waals surface area contributed by atoms with Crippen LogP contribution in [0.15, 0.2) is 4.52 Å². The Labute approximate surface area is 112 Å². The molecule has 7 heteroatoms. The van der Waals surface area contributed by atoms with Crippen molar-refractivity contribution in [3.63, 3.8) is 0 Å². The third-order valence-corrected chi connectivity index (χ3v) is 5.75. The van der Waals surface area contributed by atoms with Crippen LogP contribution in [0.25, 0.3) is 0 Å². The highest BCUT2D eigenvalue weighted by molar-refractivity contribution is 7.91. The van der Waals surface area contributed by atoms with E-state index in [0.29, 0.717) is 23.3 Å². The van der Waals surface area contributed by atoms with Gasteiger partial charge >= 0.3 is 0 Å². The van der Waals surface area contributed by atoms with Crippen LogP contribution in [0.5, 0.6) is 0 Å². The predicted octanol–water partition coefficient (Wildman–Crippen LogP) is 0.514. The molecule has 0 saturated carbocycles.